The Morgan fingerprint density at radius 1 is 0.871 bits per heavy atom. The van der Waals surface area contributed by atoms with Gasteiger partial charge in [-0.3, -0.25) is 0 Å². The van der Waals surface area contributed by atoms with Crippen LogP contribution in [-0.4, -0.2) is 74.0 Å². The third-order valence-electron chi connectivity index (χ3n) is 4.21. The molecule has 0 unspecified atom stereocenters. The van der Waals surface area contributed by atoms with Crippen molar-refractivity contribution in [3.8, 4) is 17.2 Å². The Kier molecular flexibility index (Phi) is 8.80. The number of aliphatic hydroxyl groups is 1. The molecular weight excluding hydrogens is 406 g/mol. The number of aromatic hydroxyl groups is 1. The fourth-order valence-corrected chi connectivity index (χ4v) is 2.76. The molecule has 0 radical (unpaired) electrons. The molecule has 0 aliphatic heterocycles. The molecular formula is C22H25NO8. The molecule has 2 aromatic carbocycles. The Labute approximate surface area is 179 Å². The third-order valence-corrected chi connectivity index (χ3v) is 4.21. The minimum Gasteiger partial charge on any atom is -0.507 e. The van der Waals surface area contributed by atoms with Crippen LogP contribution in [0.3, 0.4) is 0 Å². The van der Waals surface area contributed by atoms with Crippen molar-refractivity contribution in [2.45, 2.75) is 0 Å². The summed E-state index contributed by atoms with van der Waals surface area (Å²) < 4.78 is 26.7. The summed E-state index contributed by atoms with van der Waals surface area (Å²) in [6.45, 7) is 2.19. The fraction of sp³-hybridized carbons (Fsp3) is 0.364. The van der Waals surface area contributed by atoms with Gasteiger partial charge in [0.15, 0.2) is 5.58 Å². The van der Waals surface area contributed by atoms with Crippen LogP contribution in [-0.2, 0) is 18.9 Å². The number of aliphatic hydroxyl groups excluding tert-OH is 1. The van der Waals surface area contributed by atoms with Crippen molar-refractivity contribution in [2.75, 3.05) is 52.9 Å². The number of hydrogen-bond donors (Lipinski definition) is 2. The Morgan fingerprint density at radius 3 is 2.26 bits per heavy atom. The molecule has 3 aromatic rings. The van der Waals surface area contributed by atoms with Gasteiger partial charge >= 0.3 is 5.97 Å². The number of phenols is 1. The number of carbonyl (C=O) groups excluding carboxylic acids is 1. The number of phenolic OH excluding ortho intramolecular Hbond substituents is 1. The van der Waals surface area contributed by atoms with Crippen LogP contribution in [0.2, 0.25) is 0 Å². The predicted octanol–water partition coefficient (Wildman–Crippen LogP) is 2.40. The van der Waals surface area contributed by atoms with Gasteiger partial charge in [0.25, 0.3) is 0 Å². The zero-order valence-corrected chi connectivity index (χ0v) is 17.0. The van der Waals surface area contributed by atoms with E-state index in [0.717, 1.165) is 0 Å². The molecule has 2 N–H and O–H groups in total. The Bertz CT molecular complexity index is 971. The average Bonchev–Trinajstić information content (AvgIpc) is 3.21. The Balaban J connectivity index is 1.45. The SMILES string of the molecule is O=C(OCCOCCOCCOCCO)c1cccc2oc(-c3ccccc3O)nc12. The molecule has 0 atom stereocenters. The molecule has 0 saturated heterocycles. The summed E-state index contributed by atoms with van der Waals surface area (Å²) >= 11 is 0. The number of para-hydroxylation sites is 2. The third kappa shape index (κ3) is 6.50. The van der Waals surface area contributed by atoms with Crippen LogP contribution in [0.15, 0.2) is 46.9 Å². The van der Waals surface area contributed by atoms with Crippen molar-refractivity contribution in [3.05, 3.63) is 48.0 Å². The number of carbonyl (C=O) groups is 1. The molecule has 1 aromatic heterocycles. The number of rotatable bonds is 13. The Hall–Kier alpha value is -2.98. The molecule has 31 heavy (non-hydrogen) atoms. The van der Waals surface area contributed by atoms with Crippen LogP contribution in [0.1, 0.15) is 10.4 Å². The van der Waals surface area contributed by atoms with E-state index in [2.05, 4.69) is 4.98 Å². The molecule has 3 rings (SSSR count). The van der Waals surface area contributed by atoms with Crippen molar-refractivity contribution in [1.82, 2.24) is 4.98 Å². The first-order valence-electron chi connectivity index (χ1n) is 9.90. The van der Waals surface area contributed by atoms with Gasteiger partial charge in [0.2, 0.25) is 5.89 Å². The van der Waals surface area contributed by atoms with E-state index >= 15 is 0 Å². The first-order chi connectivity index (χ1) is 15.2. The smallest absolute Gasteiger partial charge is 0.340 e. The molecule has 9 nitrogen and oxygen atoms in total. The van der Waals surface area contributed by atoms with Gasteiger partial charge in [-0.25, -0.2) is 9.78 Å². The monoisotopic (exact) mass is 431 g/mol. The zero-order chi connectivity index (χ0) is 21.9. The van der Waals surface area contributed by atoms with Crippen molar-refractivity contribution in [1.29, 1.82) is 0 Å². The van der Waals surface area contributed by atoms with E-state index in [4.69, 9.17) is 28.5 Å². The number of esters is 1. The van der Waals surface area contributed by atoms with Gasteiger partial charge < -0.3 is 33.6 Å². The van der Waals surface area contributed by atoms with Crippen molar-refractivity contribution in [2.24, 2.45) is 0 Å². The standard InChI is InChI=1S/C22H25NO8/c24-8-9-27-10-11-28-12-13-29-14-15-30-22(26)17-5-3-7-19-20(17)23-21(31-19)16-4-1-2-6-18(16)25/h1-7,24-25H,8-15H2. The van der Waals surface area contributed by atoms with Gasteiger partial charge in [-0.15, -0.1) is 0 Å². The van der Waals surface area contributed by atoms with E-state index in [1.807, 2.05) is 0 Å². The number of nitrogens with zero attached hydrogens (tertiary/aromatic N) is 1. The van der Waals surface area contributed by atoms with Crippen molar-refractivity contribution >= 4 is 17.1 Å². The molecule has 0 aliphatic carbocycles. The van der Waals surface area contributed by atoms with E-state index in [-0.39, 0.29) is 37.0 Å². The normalized spacial score (nSPS) is 11.1. The van der Waals surface area contributed by atoms with E-state index < -0.39 is 5.97 Å². The lowest BCUT2D eigenvalue weighted by molar-refractivity contribution is -0.00310. The lowest BCUT2D eigenvalue weighted by Gasteiger charge is -2.07. The van der Waals surface area contributed by atoms with Gasteiger partial charge in [-0.05, 0) is 24.3 Å². The summed E-state index contributed by atoms with van der Waals surface area (Å²) in [7, 11) is 0. The maximum absolute atomic E-state index is 12.5. The van der Waals surface area contributed by atoms with Gasteiger partial charge in [0.1, 0.15) is 17.9 Å². The average molecular weight is 431 g/mol. The maximum atomic E-state index is 12.5. The summed E-state index contributed by atoms with van der Waals surface area (Å²) in [6, 6.07) is 11.7. The molecule has 0 aliphatic rings. The highest BCUT2D eigenvalue weighted by atomic mass is 16.6. The highest BCUT2D eigenvalue weighted by Gasteiger charge is 2.18. The molecule has 0 fully saturated rings. The van der Waals surface area contributed by atoms with Crippen LogP contribution in [0.4, 0.5) is 0 Å². The van der Waals surface area contributed by atoms with Crippen LogP contribution in [0.5, 0.6) is 5.75 Å². The molecule has 9 heteroatoms. The number of ether oxygens (including phenoxy) is 4. The molecule has 0 spiro atoms. The predicted molar refractivity (Wildman–Crippen MR) is 111 cm³/mol. The Morgan fingerprint density at radius 2 is 1.55 bits per heavy atom. The number of fused-ring (bicyclic) bond motifs is 1. The van der Waals surface area contributed by atoms with Crippen LogP contribution in [0.25, 0.3) is 22.6 Å². The van der Waals surface area contributed by atoms with Crippen LogP contribution < -0.4 is 0 Å². The minimum atomic E-state index is -0.538. The number of aromatic nitrogens is 1. The summed E-state index contributed by atoms with van der Waals surface area (Å²) in [5.74, 6) is -0.279. The second-order valence-electron chi connectivity index (χ2n) is 6.39. The van der Waals surface area contributed by atoms with E-state index in [9.17, 15) is 9.90 Å². The highest BCUT2D eigenvalue weighted by molar-refractivity contribution is 6.02. The van der Waals surface area contributed by atoms with E-state index in [0.29, 0.717) is 49.7 Å². The summed E-state index contributed by atoms with van der Waals surface area (Å²) in [5, 5.41) is 18.6. The summed E-state index contributed by atoms with van der Waals surface area (Å²) in [5.41, 5.74) is 1.50. The van der Waals surface area contributed by atoms with Crippen LogP contribution >= 0.6 is 0 Å². The van der Waals surface area contributed by atoms with E-state index in [1.54, 1.807) is 36.4 Å². The lowest BCUT2D eigenvalue weighted by atomic mass is 10.2. The second kappa shape index (κ2) is 12.0. The van der Waals surface area contributed by atoms with Crippen LogP contribution in [0, 0.1) is 0 Å². The lowest BCUT2D eigenvalue weighted by Crippen LogP contribution is -2.14. The molecule has 0 saturated carbocycles. The maximum Gasteiger partial charge on any atom is 0.340 e. The first-order valence-corrected chi connectivity index (χ1v) is 9.90. The van der Waals surface area contributed by atoms with E-state index in [1.165, 1.54) is 6.07 Å². The second-order valence-corrected chi connectivity index (χ2v) is 6.39. The number of oxazole rings is 1. The fourth-order valence-electron chi connectivity index (χ4n) is 2.76. The van der Waals surface area contributed by atoms with Gasteiger partial charge in [0, 0.05) is 0 Å². The molecule has 0 bridgehead atoms. The first kappa shape index (κ1) is 22.7. The van der Waals surface area contributed by atoms with Crippen molar-refractivity contribution in [3.63, 3.8) is 0 Å². The summed E-state index contributed by atoms with van der Waals surface area (Å²) in [6.07, 6.45) is 0. The minimum absolute atomic E-state index is 0.00915. The quantitative estimate of drug-likeness (QED) is 0.310. The van der Waals surface area contributed by atoms with Gasteiger partial charge in [-0.2, -0.15) is 0 Å². The topological polar surface area (TPSA) is 120 Å². The van der Waals surface area contributed by atoms with Gasteiger partial charge in [-0.1, -0.05) is 18.2 Å². The molecule has 166 valence electrons. The van der Waals surface area contributed by atoms with Gasteiger partial charge in [0.05, 0.1) is 57.4 Å². The number of benzene rings is 2. The zero-order valence-electron chi connectivity index (χ0n) is 17.0. The summed E-state index contributed by atoms with van der Waals surface area (Å²) in [4.78, 5) is 16.8. The number of hydrogen-bond acceptors (Lipinski definition) is 9. The molecule has 1 heterocycles. The van der Waals surface area contributed by atoms with Crippen molar-refractivity contribution < 1.29 is 38.4 Å². The largest absolute Gasteiger partial charge is 0.507 e. The highest BCUT2D eigenvalue weighted by Crippen LogP contribution is 2.31. The molecule has 0 amide bonds.